The molecule has 3 rings (SSSR count). The zero-order chi connectivity index (χ0) is 19.6. The monoisotopic (exact) mass is 364 g/mol. The van der Waals surface area contributed by atoms with Crippen LogP contribution in [0, 0.1) is 0 Å². The largest absolute Gasteiger partial charge is 0.456 e. The van der Waals surface area contributed by atoms with E-state index in [2.05, 4.69) is 10.3 Å². The molecule has 0 spiro atoms. The van der Waals surface area contributed by atoms with Gasteiger partial charge in [-0.3, -0.25) is 9.79 Å². The fourth-order valence-electron chi connectivity index (χ4n) is 2.98. The molecule has 0 fully saturated rings. The molecule has 0 aliphatic carbocycles. The van der Waals surface area contributed by atoms with Gasteiger partial charge >= 0.3 is 5.97 Å². The molecule has 1 amide bonds. The third-order valence-electron chi connectivity index (χ3n) is 4.13. The fraction of sp³-hybridized carbons (Fsp3) is 0.318. The average Bonchev–Trinajstić information content (AvgIpc) is 2.60. The Hall–Kier alpha value is -2.95. The van der Waals surface area contributed by atoms with Crippen molar-refractivity contribution >= 4 is 23.3 Å². The van der Waals surface area contributed by atoms with Crippen LogP contribution in [0.3, 0.4) is 0 Å². The number of fused-ring (bicyclic) bond motifs is 1. The van der Waals surface area contributed by atoms with Crippen molar-refractivity contribution in [3.63, 3.8) is 0 Å². The van der Waals surface area contributed by atoms with E-state index in [1.165, 1.54) is 0 Å². The number of nitrogens with zero attached hydrogens (tertiary/aromatic N) is 1. The number of hydrogen-bond acceptors (Lipinski definition) is 4. The topological polar surface area (TPSA) is 67.8 Å². The zero-order valence-corrected chi connectivity index (χ0v) is 16.1. The van der Waals surface area contributed by atoms with Crippen molar-refractivity contribution in [2.24, 2.45) is 4.99 Å². The molecule has 0 radical (unpaired) electrons. The molecule has 2 aromatic carbocycles. The number of carbonyl (C=O) groups is 2. The number of esters is 1. The first-order valence-corrected chi connectivity index (χ1v) is 9.04. The molecular formula is C22H24N2O3. The number of nitrogens with one attached hydrogen (secondary N) is 1. The summed E-state index contributed by atoms with van der Waals surface area (Å²) in [5, 5.41) is 2.87. The number of ether oxygens (including phenoxy) is 1. The molecule has 2 aromatic rings. The van der Waals surface area contributed by atoms with Gasteiger partial charge in [0, 0.05) is 11.3 Å². The summed E-state index contributed by atoms with van der Waals surface area (Å²) in [6.07, 6.45) is 0.831. The maximum atomic E-state index is 12.7. The molecule has 1 atom stereocenters. The maximum absolute atomic E-state index is 12.7. The standard InChI is InChI=1S/C22H24N2O3/c1-14-13-16-7-5-6-8-18(16)19(23-14)20(25)24-17-11-9-15(10-12-17)21(26)27-22(2,3)4/h5-12,14H,13H2,1-4H3,(H,24,25). The van der Waals surface area contributed by atoms with E-state index in [9.17, 15) is 9.59 Å². The van der Waals surface area contributed by atoms with E-state index in [0.717, 1.165) is 17.5 Å². The minimum Gasteiger partial charge on any atom is -0.456 e. The molecule has 0 saturated carbocycles. The number of anilines is 1. The summed E-state index contributed by atoms with van der Waals surface area (Å²) >= 11 is 0. The molecule has 1 heterocycles. The van der Waals surface area contributed by atoms with Crippen LogP contribution in [0.15, 0.2) is 53.5 Å². The molecule has 0 aromatic heterocycles. The Morgan fingerprint density at radius 1 is 1.07 bits per heavy atom. The van der Waals surface area contributed by atoms with Crippen LogP contribution in [0.4, 0.5) is 5.69 Å². The van der Waals surface area contributed by atoms with Crippen molar-refractivity contribution < 1.29 is 14.3 Å². The van der Waals surface area contributed by atoms with E-state index in [-0.39, 0.29) is 17.9 Å². The van der Waals surface area contributed by atoms with Crippen molar-refractivity contribution in [1.82, 2.24) is 0 Å². The van der Waals surface area contributed by atoms with E-state index in [1.807, 2.05) is 52.0 Å². The van der Waals surface area contributed by atoms with Gasteiger partial charge in [-0.1, -0.05) is 24.3 Å². The Labute approximate surface area is 159 Å². The molecule has 1 N–H and O–H groups in total. The highest BCUT2D eigenvalue weighted by molar-refractivity contribution is 6.49. The quantitative estimate of drug-likeness (QED) is 0.837. The summed E-state index contributed by atoms with van der Waals surface area (Å²) in [5.41, 5.74) is 2.94. The summed E-state index contributed by atoms with van der Waals surface area (Å²) in [6, 6.07) is 14.6. The Balaban J connectivity index is 1.74. The van der Waals surface area contributed by atoms with E-state index < -0.39 is 5.60 Å². The zero-order valence-electron chi connectivity index (χ0n) is 16.1. The summed E-state index contributed by atoms with van der Waals surface area (Å²) < 4.78 is 5.35. The predicted molar refractivity (Wildman–Crippen MR) is 106 cm³/mol. The van der Waals surface area contributed by atoms with Crippen LogP contribution in [-0.4, -0.2) is 29.2 Å². The number of amides is 1. The van der Waals surface area contributed by atoms with Gasteiger partial charge in [-0.05, 0) is 63.9 Å². The van der Waals surface area contributed by atoms with Gasteiger partial charge in [0.05, 0.1) is 11.6 Å². The minimum atomic E-state index is -0.548. The van der Waals surface area contributed by atoms with Gasteiger partial charge in [0.15, 0.2) is 0 Å². The maximum Gasteiger partial charge on any atom is 0.338 e. The van der Waals surface area contributed by atoms with Crippen molar-refractivity contribution in [2.75, 3.05) is 5.32 Å². The van der Waals surface area contributed by atoms with E-state index in [4.69, 9.17) is 4.74 Å². The molecule has 0 saturated heterocycles. The van der Waals surface area contributed by atoms with Crippen molar-refractivity contribution in [2.45, 2.75) is 45.8 Å². The Kier molecular flexibility index (Phi) is 5.13. The normalized spacial score (nSPS) is 16.1. The minimum absolute atomic E-state index is 0.0650. The lowest BCUT2D eigenvalue weighted by Crippen LogP contribution is -2.30. The summed E-state index contributed by atoms with van der Waals surface area (Å²) in [7, 11) is 0. The highest BCUT2D eigenvalue weighted by atomic mass is 16.6. The highest BCUT2D eigenvalue weighted by Crippen LogP contribution is 2.21. The van der Waals surface area contributed by atoms with Crippen molar-refractivity contribution in [3.05, 3.63) is 65.2 Å². The van der Waals surface area contributed by atoms with Crippen LogP contribution in [0.2, 0.25) is 0 Å². The third kappa shape index (κ3) is 4.61. The second-order valence-electron chi connectivity index (χ2n) is 7.72. The molecule has 0 bridgehead atoms. The van der Waals surface area contributed by atoms with Crippen LogP contribution in [-0.2, 0) is 16.0 Å². The molecular weight excluding hydrogens is 340 g/mol. The molecule has 27 heavy (non-hydrogen) atoms. The second-order valence-corrected chi connectivity index (χ2v) is 7.72. The van der Waals surface area contributed by atoms with E-state index in [1.54, 1.807) is 24.3 Å². The number of benzene rings is 2. The average molecular weight is 364 g/mol. The molecule has 5 heteroatoms. The van der Waals surface area contributed by atoms with Gasteiger partial charge in [-0.2, -0.15) is 0 Å². The van der Waals surface area contributed by atoms with Crippen LogP contribution < -0.4 is 5.32 Å². The first-order chi connectivity index (χ1) is 12.7. The van der Waals surface area contributed by atoms with Gasteiger partial charge in [-0.15, -0.1) is 0 Å². The number of aliphatic imine (C=N–C) groups is 1. The first kappa shape index (κ1) is 18.8. The summed E-state index contributed by atoms with van der Waals surface area (Å²) in [5.74, 6) is -0.640. The number of hydrogen-bond donors (Lipinski definition) is 1. The van der Waals surface area contributed by atoms with Crippen LogP contribution in [0.1, 0.15) is 49.2 Å². The van der Waals surface area contributed by atoms with Gasteiger partial charge in [-0.25, -0.2) is 4.79 Å². The van der Waals surface area contributed by atoms with Crippen LogP contribution in [0.5, 0.6) is 0 Å². The molecule has 1 aliphatic heterocycles. The van der Waals surface area contributed by atoms with Gasteiger partial charge in [0.1, 0.15) is 11.3 Å². The molecule has 140 valence electrons. The third-order valence-corrected chi connectivity index (χ3v) is 4.13. The highest BCUT2D eigenvalue weighted by Gasteiger charge is 2.23. The lowest BCUT2D eigenvalue weighted by Gasteiger charge is -2.21. The van der Waals surface area contributed by atoms with E-state index in [0.29, 0.717) is 17.0 Å². The van der Waals surface area contributed by atoms with Crippen molar-refractivity contribution in [1.29, 1.82) is 0 Å². The molecule has 1 aliphatic rings. The SMILES string of the molecule is CC1Cc2ccccc2C(C(=O)Nc2ccc(C(=O)OC(C)(C)C)cc2)=N1. The van der Waals surface area contributed by atoms with Crippen LogP contribution >= 0.6 is 0 Å². The van der Waals surface area contributed by atoms with Crippen LogP contribution in [0.25, 0.3) is 0 Å². The fourth-order valence-corrected chi connectivity index (χ4v) is 2.98. The number of carbonyl (C=O) groups excluding carboxylic acids is 2. The summed E-state index contributed by atoms with van der Waals surface area (Å²) in [4.78, 5) is 29.4. The Bertz CT molecular complexity index is 893. The van der Waals surface area contributed by atoms with Gasteiger partial charge < -0.3 is 10.1 Å². The first-order valence-electron chi connectivity index (χ1n) is 9.04. The lowest BCUT2D eigenvalue weighted by molar-refractivity contribution is -0.110. The molecule has 5 nitrogen and oxygen atoms in total. The lowest BCUT2D eigenvalue weighted by atomic mass is 9.94. The predicted octanol–water partition coefficient (Wildman–Crippen LogP) is 4.01. The van der Waals surface area contributed by atoms with Gasteiger partial charge in [0.2, 0.25) is 0 Å². The Morgan fingerprint density at radius 2 is 1.74 bits per heavy atom. The smallest absolute Gasteiger partial charge is 0.338 e. The number of rotatable bonds is 3. The van der Waals surface area contributed by atoms with Gasteiger partial charge in [0.25, 0.3) is 5.91 Å². The summed E-state index contributed by atoms with van der Waals surface area (Å²) in [6.45, 7) is 7.47. The van der Waals surface area contributed by atoms with Crippen molar-refractivity contribution in [3.8, 4) is 0 Å². The molecule has 1 unspecified atom stereocenters. The Morgan fingerprint density at radius 3 is 2.41 bits per heavy atom. The second kappa shape index (κ2) is 7.35. The van der Waals surface area contributed by atoms with E-state index >= 15 is 0 Å².